The Morgan fingerprint density at radius 3 is 2.17 bits per heavy atom. The van der Waals surface area contributed by atoms with Crippen molar-refractivity contribution in [3.05, 3.63) is 83.4 Å². The van der Waals surface area contributed by atoms with Gasteiger partial charge in [-0.15, -0.1) is 0 Å². The molecule has 1 spiro atoms. The second kappa shape index (κ2) is 6.76. The van der Waals surface area contributed by atoms with E-state index in [4.69, 9.17) is 9.47 Å². The van der Waals surface area contributed by atoms with E-state index < -0.39 is 0 Å². The van der Waals surface area contributed by atoms with Gasteiger partial charge in [0, 0.05) is 12.8 Å². The molecule has 4 rings (SSSR count). The molecule has 24 heavy (non-hydrogen) atoms. The molecule has 1 saturated heterocycles. The number of benzene rings is 2. The van der Waals surface area contributed by atoms with Crippen LogP contribution in [0, 0.1) is 0 Å². The van der Waals surface area contributed by atoms with E-state index in [0.717, 1.165) is 19.3 Å². The highest BCUT2D eigenvalue weighted by atomic mass is 16.7. The minimum absolute atomic E-state index is 0.363. The highest BCUT2D eigenvalue weighted by molar-refractivity contribution is 5.91. The van der Waals surface area contributed by atoms with Gasteiger partial charge in [-0.3, -0.25) is 0 Å². The van der Waals surface area contributed by atoms with Crippen molar-refractivity contribution < 1.29 is 9.47 Å². The van der Waals surface area contributed by atoms with Crippen molar-refractivity contribution in [1.29, 1.82) is 0 Å². The monoisotopic (exact) mass is 318 g/mol. The summed E-state index contributed by atoms with van der Waals surface area (Å²) in [5, 5.41) is 0. The number of hydrogen-bond donors (Lipinski definition) is 0. The molecule has 0 aromatic heterocycles. The zero-order chi connectivity index (χ0) is 16.2. The van der Waals surface area contributed by atoms with E-state index in [0.29, 0.717) is 13.2 Å². The molecule has 0 unspecified atom stereocenters. The normalized spacial score (nSPS) is 20.2. The van der Waals surface area contributed by atoms with Gasteiger partial charge in [-0.1, -0.05) is 66.7 Å². The highest BCUT2D eigenvalue weighted by Crippen LogP contribution is 2.39. The van der Waals surface area contributed by atoms with Crippen molar-refractivity contribution in [2.24, 2.45) is 0 Å². The third-order valence-electron chi connectivity index (χ3n) is 4.79. The quantitative estimate of drug-likeness (QED) is 0.735. The van der Waals surface area contributed by atoms with Crippen LogP contribution >= 0.6 is 0 Å². The van der Waals surface area contributed by atoms with Crippen molar-refractivity contribution >= 4 is 11.6 Å². The number of ether oxygens (including phenoxy) is 2. The van der Waals surface area contributed by atoms with Gasteiger partial charge in [-0.25, -0.2) is 0 Å². The minimum atomic E-state index is -0.363. The summed E-state index contributed by atoms with van der Waals surface area (Å²) < 4.78 is 11.7. The summed E-state index contributed by atoms with van der Waals surface area (Å²) in [5.41, 5.74) is 5.17. The molecule has 1 heterocycles. The molecule has 122 valence electrons. The number of hydrogen-bond acceptors (Lipinski definition) is 2. The highest BCUT2D eigenvalue weighted by Gasteiger charge is 2.37. The number of rotatable bonds is 3. The average molecular weight is 318 g/mol. The Hall–Kier alpha value is -2.16. The van der Waals surface area contributed by atoms with E-state index in [1.807, 2.05) is 0 Å². The Morgan fingerprint density at radius 2 is 1.54 bits per heavy atom. The zero-order valence-electron chi connectivity index (χ0n) is 13.8. The lowest BCUT2D eigenvalue weighted by atomic mass is 9.86. The van der Waals surface area contributed by atoms with Gasteiger partial charge in [-0.05, 0) is 34.8 Å². The molecule has 2 aromatic rings. The van der Waals surface area contributed by atoms with Gasteiger partial charge in [0.2, 0.25) is 0 Å². The lowest BCUT2D eigenvalue weighted by molar-refractivity contribution is -0.161. The fourth-order valence-electron chi connectivity index (χ4n) is 3.51. The first kappa shape index (κ1) is 15.4. The maximum atomic E-state index is 5.85. The van der Waals surface area contributed by atoms with Crippen LogP contribution in [-0.2, 0) is 9.47 Å². The summed E-state index contributed by atoms with van der Waals surface area (Å²) in [6.07, 6.45) is 7.33. The summed E-state index contributed by atoms with van der Waals surface area (Å²) in [5.74, 6) is -0.363. The van der Waals surface area contributed by atoms with E-state index in [-0.39, 0.29) is 5.79 Å². The molecule has 2 heteroatoms. The number of allylic oxidation sites excluding steroid dienone is 2. The zero-order valence-corrected chi connectivity index (χ0v) is 13.8. The van der Waals surface area contributed by atoms with Crippen molar-refractivity contribution in [2.45, 2.75) is 25.0 Å². The molecule has 0 N–H and O–H groups in total. The minimum Gasteiger partial charge on any atom is -0.347 e. The van der Waals surface area contributed by atoms with Gasteiger partial charge in [0.15, 0.2) is 5.79 Å². The van der Waals surface area contributed by atoms with Crippen LogP contribution in [0.25, 0.3) is 11.6 Å². The van der Waals surface area contributed by atoms with E-state index in [1.165, 1.54) is 22.3 Å². The first-order chi connectivity index (χ1) is 11.8. The molecule has 2 aliphatic rings. The second-order valence-electron chi connectivity index (χ2n) is 6.38. The first-order valence-electron chi connectivity index (χ1n) is 8.64. The molecule has 2 nitrogen and oxygen atoms in total. The third kappa shape index (κ3) is 3.21. The Bertz CT molecular complexity index is 738. The van der Waals surface area contributed by atoms with Gasteiger partial charge in [0.25, 0.3) is 0 Å². The van der Waals surface area contributed by atoms with Gasteiger partial charge >= 0.3 is 0 Å². The predicted octanol–water partition coefficient (Wildman–Crippen LogP) is 5.08. The molecule has 1 fully saturated rings. The molecule has 2 aromatic carbocycles. The van der Waals surface area contributed by atoms with Gasteiger partial charge in [0.1, 0.15) is 0 Å². The van der Waals surface area contributed by atoms with Crippen LogP contribution in [0.2, 0.25) is 0 Å². The van der Waals surface area contributed by atoms with E-state index in [1.54, 1.807) is 0 Å². The van der Waals surface area contributed by atoms with E-state index in [2.05, 4.69) is 72.8 Å². The predicted molar refractivity (Wildman–Crippen MR) is 97.3 cm³/mol. The van der Waals surface area contributed by atoms with Crippen molar-refractivity contribution in [1.82, 2.24) is 0 Å². The van der Waals surface area contributed by atoms with E-state index in [9.17, 15) is 0 Å². The van der Waals surface area contributed by atoms with Crippen LogP contribution in [0.1, 0.15) is 30.4 Å². The van der Waals surface area contributed by atoms with Crippen molar-refractivity contribution in [3.63, 3.8) is 0 Å². The Balaban J connectivity index is 1.69. The third-order valence-corrected chi connectivity index (χ3v) is 4.79. The molecule has 1 aliphatic carbocycles. The van der Waals surface area contributed by atoms with Gasteiger partial charge < -0.3 is 9.47 Å². The molecule has 0 saturated carbocycles. The molecule has 0 bridgehead atoms. The molecular weight excluding hydrogens is 296 g/mol. The van der Waals surface area contributed by atoms with Crippen LogP contribution in [0.4, 0.5) is 0 Å². The van der Waals surface area contributed by atoms with Crippen molar-refractivity contribution in [2.75, 3.05) is 13.2 Å². The molecular formula is C22H22O2. The summed E-state index contributed by atoms with van der Waals surface area (Å²) in [7, 11) is 0. The summed E-state index contributed by atoms with van der Waals surface area (Å²) in [4.78, 5) is 0. The van der Waals surface area contributed by atoms with E-state index >= 15 is 0 Å². The van der Waals surface area contributed by atoms with Crippen LogP contribution in [0.15, 0.2) is 72.3 Å². The van der Waals surface area contributed by atoms with Crippen LogP contribution in [0.5, 0.6) is 0 Å². The molecule has 1 aliphatic heterocycles. The Morgan fingerprint density at radius 1 is 0.875 bits per heavy atom. The van der Waals surface area contributed by atoms with Crippen LogP contribution in [0.3, 0.4) is 0 Å². The van der Waals surface area contributed by atoms with Crippen LogP contribution < -0.4 is 0 Å². The van der Waals surface area contributed by atoms with Crippen LogP contribution in [-0.4, -0.2) is 19.0 Å². The second-order valence-corrected chi connectivity index (χ2v) is 6.38. The molecule has 0 radical (unpaired) electrons. The maximum absolute atomic E-state index is 5.85. The van der Waals surface area contributed by atoms with Crippen molar-refractivity contribution in [3.8, 4) is 0 Å². The molecule has 0 atom stereocenters. The fraction of sp³-hybridized carbons (Fsp3) is 0.273. The lowest BCUT2D eigenvalue weighted by Crippen LogP contribution is -2.31. The topological polar surface area (TPSA) is 18.5 Å². The fourth-order valence-corrected chi connectivity index (χ4v) is 3.51. The maximum Gasteiger partial charge on any atom is 0.172 e. The van der Waals surface area contributed by atoms with Gasteiger partial charge in [0.05, 0.1) is 13.2 Å². The first-order valence-corrected chi connectivity index (χ1v) is 8.64. The SMILES string of the molecule is C1=C(/C(=C\c2ccccc2)c2ccccc2)CCC2(C1)OCCO2. The summed E-state index contributed by atoms with van der Waals surface area (Å²) in [6, 6.07) is 21.1. The lowest BCUT2D eigenvalue weighted by Gasteiger charge is -2.31. The Kier molecular flexibility index (Phi) is 4.33. The van der Waals surface area contributed by atoms with Gasteiger partial charge in [-0.2, -0.15) is 0 Å². The summed E-state index contributed by atoms with van der Waals surface area (Å²) >= 11 is 0. The largest absolute Gasteiger partial charge is 0.347 e. The summed E-state index contributed by atoms with van der Waals surface area (Å²) in [6.45, 7) is 1.43. The molecule has 0 amide bonds. The smallest absolute Gasteiger partial charge is 0.172 e. The standard InChI is InChI=1S/C22H22O2/c1-3-7-18(8-4-1)17-21(19-9-5-2-6-10-19)20-11-13-22(14-12-20)23-15-16-24-22/h1-11,17H,12-16H2/b21-17-. The Labute approximate surface area is 143 Å². The average Bonchev–Trinajstić information content (AvgIpc) is 3.10.